The van der Waals surface area contributed by atoms with Crippen LogP contribution in [0, 0.1) is 0 Å². The minimum Gasteiger partial charge on any atom is -0.486 e. The Hall–Kier alpha value is -1.97. The molecule has 0 aliphatic heterocycles. The standard InChI is InChI=1S/C17H14Cl2N2O.C2H6/c18-14-8-13(9-15(19)10-14)11-21-7-6-20-17(21)12-22-16-4-2-1-3-5-16;1-2/h1-10H,11-12H2;1-2H3. The number of imidazole rings is 1. The van der Waals surface area contributed by atoms with Gasteiger partial charge in [-0.2, -0.15) is 0 Å². The van der Waals surface area contributed by atoms with Crippen LogP contribution in [0.4, 0.5) is 0 Å². The Labute approximate surface area is 152 Å². The van der Waals surface area contributed by atoms with Gasteiger partial charge in [0, 0.05) is 29.0 Å². The second-order valence-corrected chi connectivity index (χ2v) is 5.72. The van der Waals surface area contributed by atoms with Gasteiger partial charge in [-0.05, 0) is 35.9 Å². The van der Waals surface area contributed by atoms with Gasteiger partial charge >= 0.3 is 0 Å². The zero-order valence-corrected chi connectivity index (χ0v) is 15.3. The van der Waals surface area contributed by atoms with Gasteiger partial charge in [0.15, 0.2) is 0 Å². The number of para-hydroxylation sites is 1. The summed E-state index contributed by atoms with van der Waals surface area (Å²) < 4.78 is 7.76. The summed E-state index contributed by atoms with van der Waals surface area (Å²) in [6.07, 6.45) is 3.67. The molecule has 126 valence electrons. The van der Waals surface area contributed by atoms with E-state index in [1.54, 1.807) is 12.3 Å². The molecular formula is C19H20Cl2N2O. The predicted octanol–water partition coefficient (Wildman–Crippen LogP) is 5.84. The molecule has 5 heteroatoms. The fourth-order valence-electron chi connectivity index (χ4n) is 2.19. The number of nitrogens with zero attached hydrogens (tertiary/aromatic N) is 2. The number of ether oxygens (including phenoxy) is 1. The van der Waals surface area contributed by atoms with Gasteiger partial charge in [0.1, 0.15) is 18.2 Å². The molecule has 0 spiro atoms. The van der Waals surface area contributed by atoms with Gasteiger partial charge in [-0.25, -0.2) is 4.98 Å². The van der Waals surface area contributed by atoms with Crippen LogP contribution in [-0.4, -0.2) is 9.55 Å². The lowest BCUT2D eigenvalue weighted by molar-refractivity contribution is 0.290. The van der Waals surface area contributed by atoms with E-state index < -0.39 is 0 Å². The predicted molar refractivity (Wildman–Crippen MR) is 99.9 cm³/mol. The average molecular weight is 363 g/mol. The number of aromatic nitrogens is 2. The van der Waals surface area contributed by atoms with Crippen LogP contribution in [-0.2, 0) is 13.2 Å². The van der Waals surface area contributed by atoms with Crippen LogP contribution in [0.25, 0.3) is 0 Å². The molecule has 0 aliphatic carbocycles. The Morgan fingerprint density at radius 3 is 2.33 bits per heavy atom. The summed E-state index contributed by atoms with van der Waals surface area (Å²) in [5.74, 6) is 1.67. The summed E-state index contributed by atoms with van der Waals surface area (Å²) in [4.78, 5) is 4.34. The minimum absolute atomic E-state index is 0.408. The molecule has 0 fully saturated rings. The van der Waals surface area contributed by atoms with Crippen molar-refractivity contribution >= 4 is 23.2 Å². The first-order chi connectivity index (χ1) is 11.7. The number of hydrogen-bond donors (Lipinski definition) is 0. The molecule has 0 amide bonds. The average Bonchev–Trinajstić information content (AvgIpc) is 3.02. The molecule has 3 nitrogen and oxygen atoms in total. The van der Waals surface area contributed by atoms with Gasteiger partial charge in [0.25, 0.3) is 0 Å². The van der Waals surface area contributed by atoms with E-state index in [1.165, 1.54) is 0 Å². The Balaban J connectivity index is 0.00000100. The van der Waals surface area contributed by atoms with Crippen molar-refractivity contribution in [1.29, 1.82) is 0 Å². The molecule has 24 heavy (non-hydrogen) atoms. The second kappa shape index (κ2) is 9.36. The third-order valence-electron chi connectivity index (χ3n) is 3.19. The maximum Gasteiger partial charge on any atom is 0.147 e. The smallest absolute Gasteiger partial charge is 0.147 e. The molecule has 2 aromatic carbocycles. The van der Waals surface area contributed by atoms with Crippen molar-refractivity contribution in [2.24, 2.45) is 0 Å². The topological polar surface area (TPSA) is 27.1 Å². The maximum absolute atomic E-state index is 6.04. The highest BCUT2D eigenvalue weighted by Gasteiger charge is 2.06. The summed E-state index contributed by atoms with van der Waals surface area (Å²) in [6.45, 7) is 5.05. The molecule has 0 N–H and O–H groups in total. The highest BCUT2D eigenvalue weighted by Crippen LogP contribution is 2.20. The van der Waals surface area contributed by atoms with Crippen molar-refractivity contribution in [3.05, 3.63) is 82.4 Å². The van der Waals surface area contributed by atoms with E-state index in [0.717, 1.165) is 17.1 Å². The van der Waals surface area contributed by atoms with Gasteiger partial charge in [0.05, 0.1) is 0 Å². The van der Waals surface area contributed by atoms with Crippen molar-refractivity contribution in [3.63, 3.8) is 0 Å². The second-order valence-electron chi connectivity index (χ2n) is 4.85. The number of benzene rings is 2. The van der Waals surface area contributed by atoms with Crippen molar-refractivity contribution in [2.45, 2.75) is 27.0 Å². The van der Waals surface area contributed by atoms with Crippen LogP contribution in [0.15, 0.2) is 60.9 Å². The summed E-state index contributed by atoms with van der Waals surface area (Å²) in [5, 5.41) is 1.26. The minimum atomic E-state index is 0.408. The SMILES string of the molecule is CC.Clc1cc(Cl)cc(Cn2ccnc2COc2ccccc2)c1. The summed E-state index contributed by atoms with van der Waals surface area (Å²) >= 11 is 12.1. The molecule has 0 unspecified atom stereocenters. The third-order valence-corrected chi connectivity index (χ3v) is 3.62. The first-order valence-electron chi connectivity index (χ1n) is 7.83. The molecule has 0 bridgehead atoms. The summed E-state index contributed by atoms with van der Waals surface area (Å²) in [7, 11) is 0. The Morgan fingerprint density at radius 2 is 1.67 bits per heavy atom. The Kier molecular flexibility index (Phi) is 7.16. The van der Waals surface area contributed by atoms with E-state index in [2.05, 4.69) is 4.98 Å². The number of hydrogen-bond acceptors (Lipinski definition) is 2. The van der Waals surface area contributed by atoms with E-state index in [1.807, 2.05) is 67.1 Å². The van der Waals surface area contributed by atoms with E-state index in [4.69, 9.17) is 27.9 Å². The fourth-order valence-corrected chi connectivity index (χ4v) is 2.76. The zero-order valence-electron chi connectivity index (χ0n) is 13.7. The lowest BCUT2D eigenvalue weighted by atomic mass is 10.2. The quantitative estimate of drug-likeness (QED) is 0.569. The normalized spacial score (nSPS) is 10.0. The van der Waals surface area contributed by atoms with E-state index in [0.29, 0.717) is 23.2 Å². The lowest BCUT2D eigenvalue weighted by Crippen LogP contribution is -2.07. The highest BCUT2D eigenvalue weighted by atomic mass is 35.5. The van der Waals surface area contributed by atoms with Crippen LogP contribution in [0.2, 0.25) is 10.0 Å². The Bertz CT molecular complexity index is 737. The van der Waals surface area contributed by atoms with Crippen molar-refractivity contribution in [2.75, 3.05) is 0 Å². The molecule has 0 saturated carbocycles. The zero-order chi connectivity index (χ0) is 17.4. The summed E-state index contributed by atoms with van der Waals surface area (Å²) in [5.41, 5.74) is 1.02. The van der Waals surface area contributed by atoms with Crippen molar-refractivity contribution in [3.8, 4) is 5.75 Å². The van der Waals surface area contributed by atoms with E-state index >= 15 is 0 Å². The molecule has 0 saturated heterocycles. The monoisotopic (exact) mass is 362 g/mol. The van der Waals surface area contributed by atoms with Crippen LogP contribution >= 0.6 is 23.2 Å². The third kappa shape index (κ3) is 5.29. The van der Waals surface area contributed by atoms with Gasteiger partial charge in [0.2, 0.25) is 0 Å². The Morgan fingerprint density at radius 1 is 1.00 bits per heavy atom. The number of rotatable bonds is 5. The van der Waals surface area contributed by atoms with Gasteiger partial charge in [-0.1, -0.05) is 55.2 Å². The number of halogens is 2. The van der Waals surface area contributed by atoms with Crippen LogP contribution < -0.4 is 4.74 Å². The lowest BCUT2D eigenvalue weighted by Gasteiger charge is -2.10. The highest BCUT2D eigenvalue weighted by molar-refractivity contribution is 6.34. The summed E-state index contributed by atoms with van der Waals surface area (Å²) in [6, 6.07) is 15.2. The van der Waals surface area contributed by atoms with Gasteiger partial charge in [-0.3, -0.25) is 0 Å². The van der Waals surface area contributed by atoms with Gasteiger partial charge < -0.3 is 9.30 Å². The van der Waals surface area contributed by atoms with Crippen LogP contribution in [0.5, 0.6) is 5.75 Å². The molecule has 0 radical (unpaired) electrons. The molecule has 1 aromatic heterocycles. The van der Waals surface area contributed by atoms with Crippen LogP contribution in [0.1, 0.15) is 25.2 Å². The molecule has 3 aromatic rings. The molecule has 1 heterocycles. The van der Waals surface area contributed by atoms with Crippen molar-refractivity contribution in [1.82, 2.24) is 9.55 Å². The molecule has 0 atom stereocenters. The molecule has 0 aliphatic rings. The largest absolute Gasteiger partial charge is 0.486 e. The first kappa shape index (κ1) is 18.4. The van der Waals surface area contributed by atoms with Gasteiger partial charge in [-0.15, -0.1) is 0 Å². The fraction of sp³-hybridized carbons (Fsp3) is 0.211. The van der Waals surface area contributed by atoms with E-state index in [9.17, 15) is 0 Å². The first-order valence-corrected chi connectivity index (χ1v) is 8.59. The van der Waals surface area contributed by atoms with E-state index in [-0.39, 0.29) is 0 Å². The molecular weight excluding hydrogens is 343 g/mol. The van der Waals surface area contributed by atoms with Crippen LogP contribution in [0.3, 0.4) is 0 Å². The maximum atomic E-state index is 6.04. The molecule has 3 rings (SSSR count). The van der Waals surface area contributed by atoms with Crippen molar-refractivity contribution < 1.29 is 4.74 Å².